The first-order chi connectivity index (χ1) is 14.5. The molecule has 2 aromatic heterocycles. The Morgan fingerprint density at radius 1 is 1.13 bits per heavy atom. The summed E-state index contributed by atoms with van der Waals surface area (Å²) in [6.07, 6.45) is 5.77. The number of thiazole rings is 1. The van der Waals surface area contributed by atoms with E-state index < -0.39 is 5.91 Å². The van der Waals surface area contributed by atoms with Gasteiger partial charge in [0.15, 0.2) is 0 Å². The van der Waals surface area contributed by atoms with Gasteiger partial charge in [-0.1, -0.05) is 36.4 Å². The molecule has 0 bridgehead atoms. The molecule has 0 aliphatic carbocycles. The van der Waals surface area contributed by atoms with E-state index in [1.807, 2.05) is 54.6 Å². The van der Waals surface area contributed by atoms with Gasteiger partial charge < -0.3 is 0 Å². The number of fused-ring (bicyclic) bond motifs is 1. The van der Waals surface area contributed by atoms with Crippen molar-refractivity contribution in [3.05, 3.63) is 68.6 Å². The Morgan fingerprint density at radius 3 is 2.57 bits per heavy atom. The number of imide groups is 1. The topological polar surface area (TPSA) is 74.1 Å². The van der Waals surface area contributed by atoms with E-state index in [1.54, 1.807) is 31.3 Å². The van der Waals surface area contributed by atoms with Crippen LogP contribution in [0.3, 0.4) is 0 Å². The molecule has 0 atom stereocenters. The van der Waals surface area contributed by atoms with Crippen LogP contribution in [-0.4, -0.2) is 28.2 Å². The predicted molar refractivity (Wildman–Crippen MR) is 122 cm³/mol. The van der Waals surface area contributed by atoms with Gasteiger partial charge in [0.2, 0.25) is 0 Å². The zero-order valence-electron chi connectivity index (χ0n) is 16.4. The molecule has 1 aliphatic rings. The average molecular weight is 432 g/mol. The van der Waals surface area contributed by atoms with Crippen LogP contribution in [0.15, 0.2) is 53.1 Å². The summed E-state index contributed by atoms with van der Waals surface area (Å²) in [5.41, 5.74) is 1.94. The number of amides is 2. The van der Waals surface area contributed by atoms with Crippen molar-refractivity contribution in [1.29, 1.82) is 5.26 Å². The molecule has 0 spiro atoms. The Morgan fingerprint density at radius 2 is 1.90 bits per heavy atom. The fraction of sp³-hybridized carbons (Fsp3) is 0.130. The number of carbonyl (C=O) groups is 2. The summed E-state index contributed by atoms with van der Waals surface area (Å²) < 4.78 is 1.04. The van der Waals surface area contributed by atoms with Gasteiger partial charge in [-0.15, -0.1) is 22.7 Å². The number of hydrogen-bond acceptors (Lipinski definition) is 6. The van der Waals surface area contributed by atoms with Crippen molar-refractivity contribution in [3.8, 4) is 6.07 Å². The zero-order chi connectivity index (χ0) is 21.3. The van der Waals surface area contributed by atoms with Crippen LogP contribution in [-0.2, 0) is 9.59 Å². The second-order valence-electron chi connectivity index (χ2n) is 6.64. The number of rotatable bonds is 4. The van der Waals surface area contributed by atoms with Gasteiger partial charge >= 0.3 is 0 Å². The van der Waals surface area contributed by atoms with Crippen LogP contribution in [0.1, 0.15) is 29.3 Å². The number of thiophene rings is 1. The van der Waals surface area contributed by atoms with Crippen molar-refractivity contribution in [2.45, 2.75) is 13.8 Å². The van der Waals surface area contributed by atoms with Crippen molar-refractivity contribution < 1.29 is 9.59 Å². The molecule has 3 aromatic rings. The molecule has 0 fully saturated rings. The van der Waals surface area contributed by atoms with Gasteiger partial charge in [-0.3, -0.25) is 14.5 Å². The highest BCUT2D eigenvalue weighted by molar-refractivity contribution is 7.27. The zero-order valence-corrected chi connectivity index (χ0v) is 18.0. The van der Waals surface area contributed by atoms with Gasteiger partial charge in [-0.2, -0.15) is 5.26 Å². The van der Waals surface area contributed by atoms with Gasteiger partial charge in [-0.05, 0) is 43.2 Å². The predicted octanol–water partition coefficient (Wildman–Crippen LogP) is 5.14. The van der Waals surface area contributed by atoms with Crippen LogP contribution in [0.4, 0.5) is 0 Å². The van der Waals surface area contributed by atoms with E-state index in [4.69, 9.17) is 0 Å². The minimum atomic E-state index is -0.525. The maximum atomic E-state index is 12.7. The number of carbonyl (C=O) groups excluding carboxylic acids is 2. The maximum Gasteiger partial charge on any atom is 0.271 e. The molecule has 1 aromatic carbocycles. The van der Waals surface area contributed by atoms with Crippen molar-refractivity contribution in [3.63, 3.8) is 0 Å². The largest absolute Gasteiger partial charge is 0.274 e. The summed E-state index contributed by atoms with van der Waals surface area (Å²) in [5, 5.41) is 10.3. The van der Waals surface area contributed by atoms with E-state index in [0.717, 1.165) is 29.9 Å². The third-order valence-electron chi connectivity index (χ3n) is 4.77. The maximum absolute atomic E-state index is 12.7. The summed E-state index contributed by atoms with van der Waals surface area (Å²) in [7, 11) is 0. The van der Waals surface area contributed by atoms with Crippen LogP contribution in [0.2, 0.25) is 0 Å². The van der Waals surface area contributed by atoms with Crippen LogP contribution >= 0.6 is 22.7 Å². The van der Waals surface area contributed by atoms with E-state index in [0.29, 0.717) is 11.1 Å². The highest BCUT2D eigenvalue weighted by Crippen LogP contribution is 2.34. The Hall–Kier alpha value is -3.34. The normalized spacial score (nSPS) is 16.3. The molecule has 7 heteroatoms. The number of nitrogens with zero attached hydrogens (tertiary/aromatic N) is 3. The molecule has 0 unspecified atom stereocenters. The summed E-state index contributed by atoms with van der Waals surface area (Å²) in [6, 6.07) is 14.0. The molecule has 0 saturated carbocycles. The molecule has 0 N–H and O–H groups in total. The lowest BCUT2D eigenvalue weighted by Crippen LogP contribution is -2.42. The Kier molecular flexibility index (Phi) is 5.44. The molecule has 1 aliphatic heterocycles. The van der Waals surface area contributed by atoms with Crippen molar-refractivity contribution in [2.24, 2.45) is 0 Å². The SMILES string of the molecule is CCN1C(=O)C(C#N)=C(C)/C(=C/c2cc3sc(/C=C/c4ccccc4)nc3s2)C1=O. The molecule has 5 nitrogen and oxygen atoms in total. The smallest absolute Gasteiger partial charge is 0.271 e. The fourth-order valence-electron chi connectivity index (χ4n) is 3.20. The van der Waals surface area contributed by atoms with E-state index in [2.05, 4.69) is 4.98 Å². The first-order valence-corrected chi connectivity index (χ1v) is 11.0. The highest BCUT2D eigenvalue weighted by Gasteiger charge is 2.34. The molecular formula is C23H17N3O2S2. The van der Waals surface area contributed by atoms with Crippen molar-refractivity contribution in [1.82, 2.24) is 9.88 Å². The van der Waals surface area contributed by atoms with Gasteiger partial charge in [0.25, 0.3) is 11.8 Å². The quantitative estimate of drug-likeness (QED) is 0.423. The standard InChI is InChI=1S/C23H17N3O2S2/c1-3-26-22(27)17(14(2)18(13-24)23(26)28)11-16-12-19-21(29-16)25-20(30-19)10-9-15-7-5-4-6-8-15/h4-12H,3H2,1-2H3/b10-9+,17-11-. The lowest BCUT2D eigenvalue weighted by molar-refractivity contribution is -0.140. The first kappa shape index (κ1) is 20.0. The second kappa shape index (κ2) is 8.19. The highest BCUT2D eigenvalue weighted by atomic mass is 32.1. The Balaban J connectivity index is 1.66. The molecule has 0 saturated heterocycles. The van der Waals surface area contributed by atoms with Gasteiger partial charge in [-0.25, -0.2) is 4.98 Å². The minimum absolute atomic E-state index is 0.0209. The average Bonchev–Trinajstić information content (AvgIpc) is 3.29. The van der Waals surface area contributed by atoms with Gasteiger partial charge in [0.1, 0.15) is 21.5 Å². The van der Waals surface area contributed by atoms with Crippen molar-refractivity contribution >= 4 is 62.2 Å². The third-order valence-corrected chi connectivity index (χ3v) is 6.84. The summed E-state index contributed by atoms with van der Waals surface area (Å²) >= 11 is 3.06. The molecule has 0 radical (unpaired) electrons. The lowest BCUT2D eigenvalue weighted by atomic mass is 9.95. The fourth-order valence-corrected chi connectivity index (χ4v) is 5.28. The molecule has 3 heterocycles. The van der Waals surface area contributed by atoms with Crippen LogP contribution in [0.25, 0.3) is 27.8 Å². The molecule has 2 amide bonds. The molecule has 4 rings (SSSR count). The van der Waals surface area contributed by atoms with E-state index >= 15 is 0 Å². The number of benzene rings is 1. The van der Waals surface area contributed by atoms with E-state index in [1.165, 1.54) is 11.3 Å². The second-order valence-corrected chi connectivity index (χ2v) is 8.76. The van der Waals surface area contributed by atoms with Crippen LogP contribution in [0.5, 0.6) is 0 Å². The number of aromatic nitrogens is 1. The minimum Gasteiger partial charge on any atom is -0.274 e. The van der Waals surface area contributed by atoms with Crippen molar-refractivity contribution in [2.75, 3.05) is 6.54 Å². The Bertz CT molecular complexity index is 1260. The summed E-state index contributed by atoms with van der Waals surface area (Å²) in [4.78, 5) is 32.6. The number of likely N-dealkylation sites (N-methyl/N-ethyl adjacent to an activating group) is 1. The van der Waals surface area contributed by atoms with Crippen LogP contribution < -0.4 is 0 Å². The van der Waals surface area contributed by atoms with Gasteiger partial charge in [0.05, 0.1) is 4.70 Å². The number of hydrogen-bond donors (Lipinski definition) is 0. The monoisotopic (exact) mass is 431 g/mol. The first-order valence-electron chi connectivity index (χ1n) is 9.34. The third kappa shape index (κ3) is 3.63. The van der Waals surface area contributed by atoms with Crippen LogP contribution in [0, 0.1) is 11.3 Å². The molecular weight excluding hydrogens is 414 g/mol. The lowest BCUT2D eigenvalue weighted by Gasteiger charge is -2.26. The molecule has 30 heavy (non-hydrogen) atoms. The van der Waals surface area contributed by atoms with Gasteiger partial charge in [0, 0.05) is 17.0 Å². The molecule has 148 valence electrons. The van der Waals surface area contributed by atoms with E-state index in [9.17, 15) is 14.9 Å². The number of nitriles is 1. The Labute approximate surface area is 181 Å². The summed E-state index contributed by atoms with van der Waals surface area (Å²) in [5.74, 6) is -0.890. The van der Waals surface area contributed by atoms with E-state index in [-0.39, 0.29) is 18.0 Å². The summed E-state index contributed by atoms with van der Waals surface area (Å²) in [6.45, 7) is 3.60.